The number of H-pyrrole nitrogens is 1. The van der Waals surface area contributed by atoms with Crippen molar-refractivity contribution in [3.63, 3.8) is 0 Å². The average molecular weight is 306 g/mol. The van der Waals surface area contributed by atoms with Crippen molar-refractivity contribution in [1.29, 1.82) is 0 Å². The van der Waals surface area contributed by atoms with E-state index in [2.05, 4.69) is 4.98 Å². The van der Waals surface area contributed by atoms with E-state index in [0.29, 0.717) is 17.5 Å². The summed E-state index contributed by atoms with van der Waals surface area (Å²) in [5, 5.41) is 0. The van der Waals surface area contributed by atoms with Crippen LogP contribution in [0.25, 0.3) is 0 Å². The van der Waals surface area contributed by atoms with E-state index in [4.69, 9.17) is 31.3 Å². The summed E-state index contributed by atoms with van der Waals surface area (Å²) in [7, 11) is -2.37. The number of rotatable bonds is 4. The van der Waals surface area contributed by atoms with E-state index in [1.54, 1.807) is 6.20 Å². The third kappa shape index (κ3) is 3.68. The van der Waals surface area contributed by atoms with Crippen molar-refractivity contribution in [1.82, 2.24) is 9.55 Å². The minimum atomic E-state index is -2.37. The van der Waals surface area contributed by atoms with Crippen LogP contribution < -0.4 is 5.69 Å². The molecule has 1 aromatic heterocycles. The highest BCUT2D eigenvalue weighted by molar-refractivity contribution is 7.71. The first-order valence-corrected chi connectivity index (χ1v) is 7.33. The summed E-state index contributed by atoms with van der Waals surface area (Å²) in [5.74, 6) is 0. The quantitative estimate of drug-likeness (QED) is 0.570. The van der Waals surface area contributed by atoms with Gasteiger partial charge in [-0.1, -0.05) is 12.2 Å². The largest absolute Gasteiger partial charge is 0.352 e. The van der Waals surface area contributed by atoms with Crippen LogP contribution in [-0.2, 0) is 9.26 Å². The molecule has 0 aliphatic carbocycles. The molecule has 0 saturated carbocycles. The van der Waals surface area contributed by atoms with Gasteiger partial charge < -0.3 is 19.0 Å². The Balaban J connectivity index is 2.07. The van der Waals surface area contributed by atoms with Crippen molar-refractivity contribution in [2.75, 3.05) is 6.61 Å². The Labute approximate surface area is 115 Å². The van der Waals surface area contributed by atoms with E-state index in [0.717, 1.165) is 5.56 Å². The van der Waals surface area contributed by atoms with E-state index in [9.17, 15) is 4.79 Å². The van der Waals surface area contributed by atoms with Crippen LogP contribution in [0, 0.1) is 11.6 Å². The van der Waals surface area contributed by atoms with Crippen LogP contribution >= 0.6 is 20.8 Å². The Morgan fingerprint density at radius 3 is 3.05 bits per heavy atom. The molecule has 2 unspecified atom stereocenters. The van der Waals surface area contributed by atoms with Gasteiger partial charge in [0.25, 0.3) is 0 Å². The molecule has 3 N–H and O–H groups in total. The van der Waals surface area contributed by atoms with Crippen molar-refractivity contribution < 1.29 is 19.0 Å². The maximum absolute atomic E-state index is 11.8. The molecule has 2 heterocycles. The fraction of sp³-hybridized carbons (Fsp3) is 0.600. The molecular weight excluding hydrogens is 291 g/mol. The SMILES string of the molecule is Cc1cn(C2CCC(COP(O)O)O2)c(=O)[nH]c1=S. The number of hydrogen-bond donors (Lipinski definition) is 3. The smallest absolute Gasteiger partial charge is 0.328 e. The number of hydrogen-bond acceptors (Lipinski definition) is 6. The van der Waals surface area contributed by atoms with Gasteiger partial charge in [0.1, 0.15) is 10.9 Å². The summed E-state index contributed by atoms with van der Waals surface area (Å²) < 4.78 is 12.3. The minimum absolute atomic E-state index is 0.103. The van der Waals surface area contributed by atoms with Crippen LogP contribution in [0.5, 0.6) is 0 Å². The Morgan fingerprint density at radius 2 is 2.37 bits per heavy atom. The molecule has 1 aliphatic heterocycles. The molecule has 0 amide bonds. The molecule has 19 heavy (non-hydrogen) atoms. The number of ether oxygens (including phenoxy) is 1. The summed E-state index contributed by atoms with van der Waals surface area (Å²) in [4.78, 5) is 31.7. The number of aromatic amines is 1. The van der Waals surface area contributed by atoms with Crippen molar-refractivity contribution >= 4 is 20.8 Å². The lowest BCUT2D eigenvalue weighted by Crippen LogP contribution is -2.28. The highest BCUT2D eigenvalue weighted by atomic mass is 32.1. The predicted molar refractivity (Wildman–Crippen MR) is 71.1 cm³/mol. The zero-order chi connectivity index (χ0) is 14.0. The molecule has 2 rings (SSSR count). The second-order valence-corrected chi connectivity index (χ2v) is 5.49. The summed E-state index contributed by atoms with van der Waals surface area (Å²) in [6.45, 7) is 1.92. The maximum atomic E-state index is 11.8. The van der Waals surface area contributed by atoms with Crippen LogP contribution in [0.3, 0.4) is 0 Å². The molecule has 1 aliphatic rings. The lowest BCUT2D eigenvalue weighted by Gasteiger charge is -2.16. The first-order chi connectivity index (χ1) is 8.97. The number of aryl methyl sites for hydroxylation is 1. The highest BCUT2D eigenvalue weighted by Gasteiger charge is 2.28. The van der Waals surface area contributed by atoms with Crippen LogP contribution in [0.1, 0.15) is 24.6 Å². The molecule has 0 spiro atoms. The third-order valence-corrected chi connectivity index (χ3v) is 3.72. The number of nitrogens with one attached hydrogen (secondary N) is 1. The number of aromatic nitrogens is 2. The second-order valence-electron chi connectivity index (χ2n) is 4.32. The lowest BCUT2D eigenvalue weighted by molar-refractivity contribution is -0.0216. The van der Waals surface area contributed by atoms with Gasteiger partial charge in [0, 0.05) is 11.8 Å². The average Bonchev–Trinajstić information content (AvgIpc) is 2.80. The molecule has 1 aromatic rings. The Bertz CT molecular complexity index is 558. The first-order valence-electron chi connectivity index (χ1n) is 5.75. The van der Waals surface area contributed by atoms with E-state index in [1.807, 2.05) is 6.92 Å². The monoisotopic (exact) mass is 306 g/mol. The predicted octanol–water partition coefficient (Wildman–Crippen LogP) is 1.12. The summed E-state index contributed by atoms with van der Waals surface area (Å²) in [5.41, 5.74) is 0.487. The van der Waals surface area contributed by atoms with Crippen LogP contribution in [0.2, 0.25) is 0 Å². The van der Waals surface area contributed by atoms with Gasteiger partial charge in [-0.2, -0.15) is 0 Å². The van der Waals surface area contributed by atoms with Crippen molar-refractivity contribution in [3.8, 4) is 0 Å². The van der Waals surface area contributed by atoms with E-state index >= 15 is 0 Å². The van der Waals surface area contributed by atoms with Crippen LogP contribution in [-0.4, -0.2) is 32.0 Å². The van der Waals surface area contributed by atoms with Crippen molar-refractivity contribution in [2.45, 2.75) is 32.1 Å². The topological polar surface area (TPSA) is 96.7 Å². The maximum Gasteiger partial charge on any atom is 0.328 e. The van der Waals surface area contributed by atoms with E-state index < -0.39 is 8.60 Å². The standard InChI is InChI=1S/C10H15N2O5PS/c1-6-4-12(10(13)11-9(6)19)8-3-2-7(17-8)5-16-18(14)15/h4,7-8,14-15H,2-3,5H2,1H3,(H,11,13,19). The van der Waals surface area contributed by atoms with Gasteiger partial charge in [0.15, 0.2) is 0 Å². The van der Waals surface area contributed by atoms with Crippen molar-refractivity contribution in [2.24, 2.45) is 0 Å². The van der Waals surface area contributed by atoms with Gasteiger partial charge >= 0.3 is 14.3 Å². The van der Waals surface area contributed by atoms with Gasteiger partial charge in [-0.25, -0.2) is 4.79 Å². The molecule has 0 radical (unpaired) electrons. The Morgan fingerprint density at radius 1 is 1.63 bits per heavy atom. The molecular formula is C10H15N2O5PS. The van der Waals surface area contributed by atoms with Crippen LogP contribution in [0.15, 0.2) is 11.0 Å². The Hall–Kier alpha value is -0.630. The fourth-order valence-corrected chi connectivity index (χ4v) is 2.40. The third-order valence-electron chi connectivity index (χ3n) is 2.92. The molecule has 0 aromatic carbocycles. The first kappa shape index (κ1) is 14.8. The highest BCUT2D eigenvalue weighted by Crippen LogP contribution is 2.31. The molecule has 106 valence electrons. The summed E-state index contributed by atoms with van der Waals surface area (Å²) in [6.07, 6.45) is 2.39. The molecule has 7 nitrogen and oxygen atoms in total. The summed E-state index contributed by atoms with van der Waals surface area (Å²) >= 11 is 4.99. The molecule has 1 fully saturated rings. The van der Waals surface area contributed by atoms with Crippen molar-refractivity contribution in [3.05, 3.63) is 26.9 Å². The Kier molecular flexibility index (Phi) is 4.83. The van der Waals surface area contributed by atoms with Crippen LogP contribution in [0.4, 0.5) is 0 Å². The molecule has 2 atom stereocenters. The zero-order valence-corrected chi connectivity index (χ0v) is 12.0. The summed E-state index contributed by atoms with van der Waals surface area (Å²) in [6, 6.07) is 0. The second kappa shape index (κ2) is 6.21. The molecule has 0 bridgehead atoms. The van der Waals surface area contributed by atoms with Gasteiger partial charge in [-0.3, -0.25) is 9.55 Å². The number of nitrogens with zero attached hydrogens (tertiary/aromatic N) is 1. The zero-order valence-electron chi connectivity index (χ0n) is 10.3. The normalized spacial score (nSPS) is 23.2. The van der Waals surface area contributed by atoms with Gasteiger partial charge in [-0.15, -0.1) is 0 Å². The molecule has 9 heteroatoms. The minimum Gasteiger partial charge on any atom is -0.352 e. The molecule has 1 saturated heterocycles. The lowest BCUT2D eigenvalue weighted by atomic mass is 10.2. The van der Waals surface area contributed by atoms with Gasteiger partial charge in [-0.05, 0) is 19.8 Å². The van der Waals surface area contributed by atoms with E-state index in [-0.39, 0.29) is 24.6 Å². The van der Waals surface area contributed by atoms with Gasteiger partial charge in [0.2, 0.25) is 0 Å². The van der Waals surface area contributed by atoms with E-state index in [1.165, 1.54) is 4.57 Å². The fourth-order valence-electron chi connectivity index (χ4n) is 1.96. The van der Waals surface area contributed by atoms with Gasteiger partial charge in [0.05, 0.1) is 12.7 Å².